The predicted molar refractivity (Wildman–Crippen MR) is 73.9 cm³/mol. The molecule has 0 bridgehead atoms. The molecule has 2 N–H and O–H groups in total. The maximum atomic E-state index is 10.9. The molecule has 1 heterocycles. The molecule has 1 amide bonds. The Bertz CT molecular complexity index is 604. The largest absolute Gasteiger partial charge is 0.439 e. The van der Waals surface area contributed by atoms with Crippen molar-refractivity contribution in [1.29, 1.82) is 0 Å². The van der Waals surface area contributed by atoms with Crippen LogP contribution in [0.3, 0.4) is 0 Å². The van der Waals surface area contributed by atoms with Gasteiger partial charge in [0.25, 0.3) is 0 Å². The Balaban J connectivity index is 2.21. The smallest absolute Gasteiger partial charge is 0.248 e. The van der Waals surface area contributed by atoms with E-state index in [1.165, 1.54) is 17.8 Å². The van der Waals surface area contributed by atoms with Gasteiger partial charge in [-0.2, -0.15) is 4.98 Å². The lowest BCUT2D eigenvalue weighted by molar-refractivity contribution is 0.100. The lowest BCUT2D eigenvalue weighted by Gasteiger charge is -2.06. The third-order valence-corrected chi connectivity index (χ3v) is 2.94. The molecule has 0 fully saturated rings. The highest BCUT2D eigenvalue weighted by Gasteiger charge is 2.06. The first kappa shape index (κ1) is 13.6. The highest BCUT2D eigenvalue weighted by Crippen LogP contribution is 2.24. The third-order valence-electron chi connectivity index (χ3n) is 2.19. The summed E-state index contributed by atoms with van der Waals surface area (Å²) in [7, 11) is 0. The Morgan fingerprint density at radius 3 is 2.58 bits per heavy atom. The number of aromatic nitrogens is 2. The zero-order chi connectivity index (χ0) is 13.8. The summed E-state index contributed by atoms with van der Waals surface area (Å²) in [5.41, 5.74) is 5.57. The maximum absolute atomic E-state index is 10.9. The molecule has 0 aliphatic carbocycles. The molecule has 0 aliphatic heterocycles. The number of rotatable bonds is 4. The fourth-order valence-corrected chi connectivity index (χ4v) is 1.92. The normalized spacial score (nSPS) is 10.2. The number of nitrogens with zero attached hydrogens (tertiary/aromatic N) is 2. The van der Waals surface area contributed by atoms with Gasteiger partial charge in [0, 0.05) is 11.6 Å². The number of hydrogen-bond acceptors (Lipinski definition) is 5. The van der Waals surface area contributed by atoms with Gasteiger partial charge in [0.1, 0.15) is 10.9 Å². The van der Waals surface area contributed by atoms with Gasteiger partial charge in [-0.25, -0.2) is 4.98 Å². The van der Waals surface area contributed by atoms with Crippen molar-refractivity contribution < 1.29 is 9.53 Å². The molecule has 0 aliphatic rings. The van der Waals surface area contributed by atoms with E-state index in [-0.39, 0.29) is 0 Å². The minimum Gasteiger partial charge on any atom is -0.439 e. The fraction of sp³-hybridized carbons (Fsp3) is 0.0833. The zero-order valence-corrected chi connectivity index (χ0v) is 11.5. The van der Waals surface area contributed by atoms with E-state index in [4.69, 9.17) is 22.1 Å². The van der Waals surface area contributed by atoms with Crippen LogP contribution in [0.5, 0.6) is 11.6 Å². The van der Waals surface area contributed by atoms with Gasteiger partial charge in [-0.1, -0.05) is 23.4 Å². The van der Waals surface area contributed by atoms with E-state index in [0.29, 0.717) is 27.5 Å². The molecule has 0 radical (unpaired) electrons. The van der Waals surface area contributed by atoms with Gasteiger partial charge in [0.2, 0.25) is 11.8 Å². The van der Waals surface area contributed by atoms with Crippen LogP contribution < -0.4 is 10.5 Å². The van der Waals surface area contributed by atoms with Crippen molar-refractivity contribution in [2.75, 3.05) is 6.26 Å². The number of hydrogen-bond donors (Lipinski definition) is 1. The van der Waals surface area contributed by atoms with Crippen molar-refractivity contribution in [1.82, 2.24) is 9.97 Å². The number of halogens is 1. The molecule has 0 atom stereocenters. The quantitative estimate of drug-likeness (QED) is 0.533. The molecule has 1 aromatic carbocycles. The van der Waals surface area contributed by atoms with Crippen molar-refractivity contribution in [3.63, 3.8) is 0 Å². The highest BCUT2D eigenvalue weighted by atomic mass is 35.5. The van der Waals surface area contributed by atoms with E-state index in [2.05, 4.69) is 9.97 Å². The Kier molecular flexibility index (Phi) is 4.24. The van der Waals surface area contributed by atoms with Crippen LogP contribution in [0.2, 0.25) is 5.15 Å². The monoisotopic (exact) mass is 295 g/mol. The van der Waals surface area contributed by atoms with Crippen molar-refractivity contribution in [3.05, 3.63) is 41.0 Å². The summed E-state index contributed by atoms with van der Waals surface area (Å²) < 4.78 is 5.54. The molecule has 7 heteroatoms. The topological polar surface area (TPSA) is 78.1 Å². The fourth-order valence-electron chi connectivity index (χ4n) is 1.33. The van der Waals surface area contributed by atoms with Gasteiger partial charge in [-0.05, 0) is 30.5 Å². The number of nitrogens with two attached hydrogens (primary N) is 1. The summed E-state index contributed by atoms with van der Waals surface area (Å²) in [4.78, 5) is 19.1. The summed E-state index contributed by atoms with van der Waals surface area (Å²) in [5, 5.41) is 0.833. The van der Waals surface area contributed by atoms with Crippen LogP contribution in [0.25, 0.3) is 0 Å². The maximum Gasteiger partial charge on any atom is 0.248 e. The van der Waals surface area contributed by atoms with Crippen molar-refractivity contribution in [2.45, 2.75) is 5.16 Å². The second kappa shape index (κ2) is 5.90. The molecule has 1 aromatic heterocycles. The Labute approximate surface area is 119 Å². The summed E-state index contributed by atoms with van der Waals surface area (Å²) in [6.07, 6.45) is 1.84. The Hall–Kier alpha value is -1.79. The predicted octanol–water partition coefficient (Wildman–Crippen LogP) is 2.74. The molecule has 5 nitrogen and oxygen atoms in total. The minimum atomic E-state index is -0.485. The summed E-state index contributed by atoms with van der Waals surface area (Å²) in [6.45, 7) is 0. The standard InChI is InChI=1S/C12H10ClN3O2S/c1-19-12-15-9(13)6-10(16-12)18-8-4-2-7(3-5-8)11(14)17/h2-6H,1H3,(H2,14,17). The van der Waals surface area contributed by atoms with Crippen LogP contribution >= 0.6 is 23.4 Å². The number of thioether (sulfide) groups is 1. The molecule has 19 heavy (non-hydrogen) atoms. The first-order valence-corrected chi connectivity index (χ1v) is 6.85. The van der Waals surface area contributed by atoms with E-state index < -0.39 is 5.91 Å². The first-order valence-electron chi connectivity index (χ1n) is 5.25. The minimum absolute atomic E-state index is 0.308. The van der Waals surface area contributed by atoms with Crippen molar-refractivity contribution in [2.24, 2.45) is 5.73 Å². The molecule has 0 saturated heterocycles. The molecular weight excluding hydrogens is 286 g/mol. The van der Waals surface area contributed by atoms with E-state index in [0.717, 1.165) is 0 Å². The summed E-state index contributed by atoms with van der Waals surface area (Å²) in [5.74, 6) is 0.393. The van der Waals surface area contributed by atoms with Crippen LogP contribution in [0.15, 0.2) is 35.5 Å². The van der Waals surface area contributed by atoms with E-state index in [9.17, 15) is 4.79 Å². The first-order chi connectivity index (χ1) is 9.08. The average Bonchev–Trinajstić information content (AvgIpc) is 2.38. The number of carbonyl (C=O) groups excluding carboxylic acids is 1. The van der Waals surface area contributed by atoms with Gasteiger partial charge in [0.05, 0.1) is 0 Å². The molecular formula is C12H10ClN3O2S. The Morgan fingerprint density at radius 2 is 2.00 bits per heavy atom. The summed E-state index contributed by atoms with van der Waals surface area (Å²) >= 11 is 7.22. The Morgan fingerprint density at radius 1 is 1.32 bits per heavy atom. The second-order valence-corrected chi connectivity index (χ2v) is 4.67. The SMILES string of the molecule is CSc1nc(Cl)cc(Oc2ccc(C(N)=O)cc2)n1. The van der Waals surface area contributed by atoms with Gasteiger partial charge in [-0.3, -0.25) is 4.79 Å². The lowest BCUT2D eigenvalue weighted by Crippen LogP contribution is -2.10. The molecule has 0 spiro atoms. The zero-order valence-electron chi connectivity index (χ0n) is 9.96. The van der Waals surface area contributed by atoms with Crippen LogP contribution in [-0.4, -0.2) is 22.1 Å². The van der Waals surface area contributed by atoms with Crippen LogP contribution in [0, 0.1) is 0 Å². The number of benzene rings is 1. The van der Waals surface area contributed by atoms with Crippen molar-refractivity contribution >= 4 is 29.3 Å². The highest BCUT2D eigenvalue weighted by molar-refractivity contribution is 7.98. The van der Waals surface area contributed by atoms with Crippen LogP contribution in [0.1, 0.15) is 10.4 Å². The molecule has 98 valence electrons. The van der Waals surface area contributed by atoms with E-state index in [1.807, 2.05) is 6.26 Å². The number of primary amides is 1. The van der Waals surface area contributed by atoms with Gasteiger partial charge in [-0.15, -0.1) is 0 Å². The van der Waals surface area contributed by atoms with Gasteiger partial charge < -0.3 is 10.5 Å². The van der Waals surface area contributed by atoms with Gasteiger partial charge in [0.15, 0.2) is 5.16 Å². The molecule has 0 unspecified atom stereocenters. The number of ether oxygens (including phenoxy) is 1. The number of amides is 1. The van der Waals surface area contributed by atoms with E-state index >= 15 is 0 Å². The van der Waals surface area contributed by atoms with E-state index in [1.54, 1.807) is 24.3 Å². The number of carbonyl (C=O) groups is 1. The molecule has 2 rings (SSSR count). The van der Waals surface area contributed by atoms with Crippen LogP contribution in [0.4, 0.5) is 0 Å². The van der Waals surface area contributed by atoms with Crippen LogP contribution in [-0.2, 0) is 0 Å². The average molecular weight is 296 g/mol. The lowest BCUT2D eigenvalue weighted by atomic mass is 10.2. The molecule has 0 saturated carbocycles. The van der Waals surface area contributed by atoms with Crippen molar-refractivity contribution in [3.8, 4) is 11.6 Å². The van der Waals surface area contributed by atoms with Gasteiger partial charge >= 0.3 is 0 Å². The summed E-state index contributed by atoms with van der Waals surface area (Å²) in [6, 6.07) is 7.94. The second-order valence-electron chi connectivity index (χ2n) is 3.51. The molecule has 2 aromatic rings. The third kappa shape index (κ3) is 3.59.